The summed E-state index contributed by atoms with van der Waals surface area (Å²) in [5.74, 6) is 2.18. The molecule has 0 amide bonds. The maximum Gasteiger partial charge on any atom is 0.230 e. The third kappa shape index (κ3) is 3.11. The first-order valence-electron chi connectivity index (χ1n) is 5.91. The van der Waals surface area contributed by atoms with Gasteiger partial charge in [-0.05, 0) is 18.6 Å². The van der Waals surface area contributed by atoms with Crippen molar-refractivity contribution in [2.24, 2.45) is 5.73 Å². The van der Waals surface area contributed by atoms with E-state index >= 15 is 0 Å². The van der Waals surface area contributed by atoms with Crippen molar-refractivity contribution in [1.82, 2.24) is 10.1 Å². The van der Waals surface area contributed by atoms with Crippen molar-refractivity contribution >= 4 is 11.8 Å². The zero-order chi connectivity index (χ0) is 13.0. The molecule has 0 bridgehead atoms. The van der Waals surface area contributed by atoms with Crippen LogP contribution in [0.3, 0.4) is 0 Å². The Kier molecular flexibility index (Phi) is 4.38. The molecule has 5 heteroatoms. The van der Waals surface area contributed by atoms with E-state index in [0.717, 1.165) is 5.82 Å². The van der Waals surface area contributed by atoms with Crippen LogP contribution in [0, 0.1) is 6.92 Å². The maximum absolute atomic E-state index is 5.57. The Labute approximate surface area is 111 Å². The van der Waals surface area contributed by atoms with Crippen LogP contribution in [-0.4, -0.2) is 16.7 Å². The van der Waals surface area contributed by atoms with E-state index in [1.54, 1.807) is 11.8 Å². The summed E-state index contributed by atoms with van der Waals surface area (Å²) in [6.07, 6.45) is 0. The number of aromatic nitrogens is 2. The van der Waals surface area contributed by atoms with Crippen LogP contribution in [0.5, 0.6) is 0 Å². The Morgan fingerprint density at radius 2 is 2.17 bits per heavy atom. The lowest BCUT2D eigenvalue weighted by atomic mass is 10.2. The van der Waals surface area contributed by atoms with E-state index in [0.29, 0.717) is 18.2 Å². The third-order valence-corrected chi connectivity index (χ3v) is 3.88. The maximum atomic E-state index is 5.57. The lowest BCUT2D eigenvalue weighted by molar-refractivity contribution is 0.358. The fourth-order valence-corrected chi connectivity index (χ4v) is 2.36. The van der Waals surface area contributed by atoms with Crippen LogP contribution < -0.4 is 5.73 Å². The minimum atomic E-state index is 0.120. The Morgan fingerprint density at radius 3 is 2.89 bits per heavy atom. The molecule has 1 atom stereocenters. The van der Waals surface area contributed by atoms with Crippen LogP contribution in [0.25, 0.3) is 0 Å². The zero-order valence-electron chi connectivity index (χ0n) is 10.6. The SMILES string of the molecule is Cc1ccccc1SCc1noc(C(C)CN)n1. The molecule has 2 N–H and O–H groups in total. The number of hydrogen-bond acceptors (Lipinski definition) is 5. The van der Waals surface area contributed by atoms with Crippen molar-refractivity contribution in [3.63, 3.8) is 0 Å². The van der Waals surface area contributed by atoms with Crippen molar-refractivity contribution in [3.05, 3.63) is 41.5 Å². The second kappa shape index (κ2) is 6.02. The Bertz CT molecular complexity index is 512. The zero-order valence-corrected chi connectivity index (χ0v) is 11.4. The highest BCUT2D eigenvalue weighted by atomic mass is 32.2. The molecule has 4 nitrogen and oxygen atoms in total. The summed E-state index contributed by atoms with van der Waals surface area (Å²) in [5.41, 5.74) is 6.83. The summed E-state index contributed by atoms with van der Waals surface area (Å²) in [5, 5.41) is 3.97. The van der Waals surface area contributed by atoms with Crippen molar-refractivity contribution in [1.29, 1.82) is 0 Å². The summed E-state index contributed by atoms with van der Waals surface area (Å²) in [6.45, 7) is 4.60. The summed E-state index contributed by atoms with van der Waals surface area (Å²) in [7, 11) is 0. The van der Waals surface area contributed by atoms with Crippen molar-refractivity contribution in [2.75, 3.05) is 6.54 Å². The van der Waals surface area contributed by atoms with Gasteiger partial charge in [-0.3, -0.25) is 0 Å². The van der Waals surface area contributed by atoms with Crippen molar-refractivity contribution in [3.8, 4) is 0 Å². The van der Waals surface area contributed by atoms with Crippen LogP contribution in [0.4, 0.5) is 0 Å². The molecule has 0 spiro atoms. The minimum Gasteiger partial charge on any atom is -0.339 e. The van der Waals surface area contributed by atoms with E-state index < -0.39 is 0 Å². The molecular weight excluding hydrogens is 246 g/mol. The molecule has 0 aliphatic rings. The molecule has 2 aromatic rings. The number of nitrogens with zero attached hydrogens (tertiary/aromatic N) is 2. The van der Waals surface area contributed by atoms with Gasteiger partial charge >= 0.3 is 0 Å². The topological polar surface area (TPSA) is 64.9 Å². The molecule has 2 rings (SSSR count). The molecule has 1 heterocycles. The third-order valence-electron chi connectivity index (χ3n) is 2.71. The molecule has 0 aliphatic heterocycles. The number of rotatable bonds is 5. The summed E-state index contributed by atoms with van der Waals surface area (Å²) in [6, 6.07) is 8.27. The second-order valence-electron chi connectivity index (χ2n) is 4.24. The molecular formula is C13H17N3OS. The molecule has 1 aromatic carbocycles. The van der Waals surface area contributed by atoms with Crippen LogP contribution in [0.2, 0.25) is 0 Å². The van der Waals surface area contributed by atoms with E-state index in [-0.39, 0.29) is 5.92 Å². The van der Waals surface area contributed by atoms with E-state index in [4.69, 9.17) is 10.3 Å². The lowest BCUT2D eigenvalue weighted by Gasteiger charge is -2.02. The van der Waals surface area contributed by atoms with Crippen molar-refractivity contribution < 1.29 is 4.52 Å². The van der Waals surface area contributed by atoms with Gasteiger partial charge in [0.1, 0.15) is 0 Å². The van der Waals surface area contributed by atoms with Gasteiger partial charge in [0.15, 0.2) is 5.82 Å². The van der Waals surface area contributed by atoms with Gasteiger partial charge in [-0.15, -0.1) is 11.8 Å². The average Bonchev–Trinajstić information content (AvgIpc) is 2.86. The molecule has 0 aliphatic carbocycles. The number of aryl methyl sites for hydroxylation is 1. The van der Waals surface area contributed by atoms with E-state index in [2.05, 4.69) is 29.2 Å². The van der Waals surface area contributed by atoms with Gasteiger partial charge in [0.2, 0.25) is 5.89 Å². The van der Waals surface area contributed by atoms with E-state index in [9.17, 15) is 0 Å². The van der Waals surface area contributed by atoms with Crippen molar-refractivity contribution in [2.45, 2.75) is 30.4 Å². The summed E-state index contributed by atoms with van der Waals surface area (Å²) >= 11 is 1.72. The predicted octanol–water partition coefficient (Wildman–Crippen LogP) is 2.73. The van der Waals surface area contributed by atoms with E-state index in [1.807, 2.05) is 19.1 Å². The smallest absolute Gasteiger partial charge is 0.230 e. The first-order valence-corrected chi connectivity index (χ1v) is 6.90. The Balaban J connectivity index is 1.98. The molecule has 0 fully saturated rings. The molecule has 0 saturated carbocycles. The van der Waals surface area contributed by atoms with Crippen LogP contribution in [0.1, 0.15) is 30.1 Å². The van der Waals surface area contributed by atoms with Crippen LogP contribution in [0.15, 0.2) is 33.7 Å². The quantitative estimate of drug-likeness (QED) is 0.840. The first kappa shape index (κ1) is 13.1. The fourth-order valence-electron chi connectivity index (χ4n) is 1.49. The fraction of sp³-hybridized carbons (Fsp3) is 0.385. The lowest BCUT2D eigenvalue weighted by Crippen LogP contribution is -2.09. The first-order chi connectivity index (χ1) is 8.70. The van der Waals surface area contributed by atoms with E-state index in [1.165, 1.54) is 10.5 Å². The average molecular weight is 263 g/mol. The highest BCUT2D eigenvalue weighted by Crippen LogP contribution is 2.25. The van der Waals surface area contributed by atoms with Gasteiger partial charge in [0, 0.05) is 17.4 Å². The molecule has 1 aromatic heterocycles. The number of benzene rings is 1. The second-order valence-corrected chi connectivity index (χ2v) is 5.26. The Hall–Kier alpha value is -1.33. The summed E-state index contributed by atoms with van der Waals surface area (Å²) < 4.78 is 5.18. The van der Waals surface area contributed by atoms with Gasteiger partial charge in [-0.2, -0.15) is 4.98 Å². The standard InChI is InChI=1S/C13H17N3OS/c1-9-5-3-4-6-11(9)18-8-12-15-13(17-16-12)10(2)7-14/h3-6,10H,7-8,14H2,1-2H3. The number of nitrogens with two attached hydrogens (primary N) is 1. The van der Waals surface area contributed by atoms with Gasteiger partial charge in [-0.25, -0.2) is 0 Å². The molecule has 0 saturated heterocycles. The molecule has 18 heavy (non-hydrogen) atoms. The summed E-state index contributed by atoms with van der Waals surface area (Å²) in [4.78, 5) is 5.59. The van der Waals surface area contributed by atoms with Gasteiger partial charge in [0.25, 0.3) is 0 Å². The minimum absolute atomic E-state index is 0.120. The largest absolute Gasteiger partial charge is 0.339 e. The number of hydrogen-bond donors (Lipinski definition) is 1. The normalized spacial score (nSPS) is 12.6. The monoisotopic (exact) mass is 263 g/mol. The van der Waals surface area contributed by atoms with Gasteiger partial charge in [0.05, 0.1) is 5.75 Å². The van der Waals surface area contributed by atoms with Gasteiger partial charge in [-0.1, -0.05) is 30.3 Å². The Morgan fingerprint density at radius 1 is 1.39 bits per heavy atom. The van der Waals surface area contributed by atoms with Gasteiger partial charge < -0.3 is 10.3 Å². The predicted molar refractivity (Wildman–Crippen MR) is 72.5 cm³/mol. The molecule has 96 valence electrons. The molecule has 1 unspecified atom stereocenters. The highest BCUT2D eigenvalue weighted by molar-refractivity contribution is 7.98. The number of thioether (sulfide) groups is 1. The molecule has 0 radical (unpaired) electrons. The van der Waals surface area contributed by atoms with Crippen LogP contribution in [-0.2, 0) is 5.75 Å². The van der Waals surface area contributed by atoms with Crippen LogP contribution >= 0.6 is 11.8 Å². The highest BCUT2D eigenvalue weighted by Gasteiger charge is 2.12.